The molecule has 4 aliphatic rings. The minimum atomic E-state index is 0. The van der Waals surface area contributed by atoms with Gasteiger partial charge in [0.15, 0.2) is 5.70 Å². The molecule has 5 heterocycles. The SMILES string of the molecule is Cc1cc(N2CCN([N@@+]34C=CC=C3C=C(C(=O)N3CCSC3)C4)CC2)n(-c2ccc(C#N)cc2)n1.Cl.Cl. The van der Waals surface area contributed by atoms with Gasteiger partial charge in [0.1, 0.15) is 18.6 Å². The number of piperazine rings is 1. The van der Waals surface area contributed by atoms with Crippen molar-refractivity contribution in [1.29, 1.82) is 5.26 Å². The summed E-state index contributed by atoms with van der Waals surface area (Å²) in [5.74, 6) is 3.09. The standard InChI is InChI=1S/C26H28N7OS.2ClH/c1-20-15-25(32(28-20)23-6-4-21(17-27)5-7-23)29-8-10-31(11-9-29)33-13-2-3-24(33)16-22(18-33)26(34)30-12-14-35-19-30;;/h2-7,13,15-16H,8-12,14,18-19H2,1H3;2*1H/q+1;;/t33-;;/m1../s1. The van der Waals surface area contributed by atoms with Crippen LogP contribution in [0.1, 0.15) is 11.3 Å². The summed E-state index contributed by atoms with van der Waals surface area (Å²) in [6.07, 6.45) is 8.61. The Morgan fingerprint density at radius 2 is 1.86 bits per heavy atom. The van der Waals surface area contributed by atoms with Crippen LogP contribution < -0.4 is 4.90 Å². The Kier molecular flexibility index (Phi) is 8.07. The van der Waals surface area contributed by atoms with Gasteiger partial charge in [-0.15, -0.1) is 41.6 Å². The number of halogens is 2. The predicted molar refractivity (Wildman–Crippen MR) is 151 cm³/mol. The smallest absolute Gasteiger partial charge is 0.256 e. The second kappa shape index (κ2) is 10.9. The number of rotatable bonds is 4. The fourth-order valence-corrected chi connectivity index (χ4v) is 6.36. The van der Waals surface area contributed by atoms with Crippen LogP contribution >= 0.6 is 36.6 Å². The summed E-state index contributed by atoms with van der Waals surface area (Å²) >= 11 is 1.83. The third-order valence-corrected chi connectivity index (χ3v) is 8.20. The first-order valence-corrected chi connectivity index (χ1v) is 13.2. The van der Waals surface area contributed by atoms with Crippen molar-refractivity contribution in [3.8, 4) is 11.8 Å². The highest BCUT2D eigenvalue weighted by atomic mass is 35.5. The molecular formula is C26H30Cl2N7OS+. The highest BCUT2D eigenvalue weighted by Crippen LogP contribution is 2.38. The molecule has 4 aliphatic heterocycles. The van der Waals surface area contributed by atoms with E-state index in [0.717, 1.165) is 67.1 Å². The molecule has 2 saturated heterocycles. The number of aromatic nitrogens is 2. The zero-order chi connectivity index (χ0) is 24.0. The molecule has 6 rings (SSSR count). The summed E-state index contributed by atoms with van der Waals surface area (Å²) in [7, 11) is 0. The van der Waals surface area contributed by atoms with Gasteiger partial charge in [-0.1, -0.05) is 0 Å². The Labute approximate surface area is 233 Å². The molecule has 37 heavy (non-hydrogen) atoms. The molecule has 8 nitrogen and oxygen atoms in total. The molecule has 1 aromatic carbocycles. The Balaban J connectivity index is 0.00000160. The third-order valence-electron chi connectivity index (χ3n) is 7.23. The number of anilines is 1. The van der Waals surface area contributed by atoms with E-state index in [-0.39, 0.29) is 30.7 Å². The Hall–Kier alpha value is -2.74. The molecule has 0 saturated carbocycles. The van der Waals surface area contributed by atoms with Gasteiger partial charge in [-0.2, -0.15) is 15.0 Å². The van der Waals surface area contributed by atoms with E-state index in [1.54, 1.807) is 0 Å². The van der Waals surface area contributed by atoms with E-state index in [9.17, 15) is 4.79 Å². The molecule has 1 atom stereocenters. The normalized spacial score (nSPS) is 22.6. The Morgan fingerprint density at radius 1 is 1.11 bits per heavy atom. The maximum Gasteiger partial charge on any atom is 0.256 e. The van der Waals surface area contributed by atoms with Crippen LogP contribution in [0, 0.1) is 18.3 Å². The van der Waals surface area contributed by atoms with Gasteiger partial charge in [-0.25, -0.2) is 4.68 Å². The van der Waals surface area contributed by atoms with Crippen LogP contribution in [0.3, 0.4) is 0 Å². The molecule has 0 bridgehead atoms. The molecule has 0 radical (unpaired) electrons. The summed E-state index contributed by atoms with van der Waals surface area (Å²) in [6, 6.07) is 11.9. The van der Waals surface area contributed by atoms with Crippen molar-refractivity contribution >= 4 is 48.3 Å². The lowest BCUT2D eigenvalue weighted by atomic mass is 10.2. The number of carbonyl (C=O) groups is 1. The number of hydrogen-bond donors (Lipinski definition) is 0. The quantitative estimate of drug-likeness (QED) is 0.534. The van der Waals surface area contributed by atoms with Gasteiger partial charge in [0.05, 0.1) is 47.6 Å². The molecule has 11 heteroatoms. The van der Waals surface area contributed by atoms with E-state index in [1.165, 1.54) is 5.70 Å². The average Bonchev–Trinajstić information content (AvgIpc) is 3.67. The van der Waals surface area contributed by atoms with Gasteiger partial charge >= 0.3 is 0 Å². The average molecular weight is 560 g/mol. The van der Waals surface area contributed by atoms with Gasteiger partial charge in [0.2, 0.25) is 0 Å². The number of nitrogens with zero attached hydrogens (tertiary/aromatic N) is 7. The predicted octanol–water partition coefficient (Wildman–Crippen LogP) is 3.63. The number of benzene rings is 1. The number of nitriles is 1. The molecule has 2 fully saturated rings. The largest absolute Gasteiger partial charge is 0.353 e. The molecule has 0 aliphatic carbocycles. The van der Waals surface area contributed by atoms with Gasteiger partial charge in [0, 0.05) is 43.6 Å². The number of fused-ring (bicyclic) bond motifs is 1. The second-order valence-electron chi connectivity index (χ2n) is 9.35. The lowest BCUT2D eigenvalue weighted by Crippen LogP contribution is -2.60. The van der Waals surface area contributed by atoms with Crippen LogP contribution in [0.25, 0.3) is 5.69 Å². The molecule has 0 unspecified atom stereocenters. The van der Waals surface area contributed by atoms with E-state index >= 15 is 0 Å². The van der Waals surface area contributed by atoms with E-state index in [2.05, 4.69) is 46.5 Å². The van der Waals surface area contributed by atoms with Gasteiger partial charge in [-0.3, -0.25) is 4.79 Å². The Morgan fingerprint density at radius 3 is 2.54 bits per heavy atom. The van der Waals surface area contributed by atoms with Gasteiger partial charge < -0.3 is 9.80 Å². The number of carbonyl (C=O) groups excluding carboxylic acids is 1. The molecular weight excluding hydrogens is 529 g/mol. The summed E-state index contributed by atoms with van der Waals surface area (Å²) in [5, 5.41) is 16.3. The van der Waals surface area contributed by atoms with Crippen molar-refractivity contribution in [2.24, 2.45) is 0 Å². The second-order valence-corrected chi connectivity index (χ2v) is 10.4. The van der Waals surface area contributed by atoms with Crippen molar-refractivity contribution < 1.29 is 9.39 Å². The summed E-state index contributed by atoms with van der Waals surface area (Å²) in [4.78, 5) is 17.4. The Bertz CT molecular complexity index is 1300. The van der Waals surface area contributed by atoms with Crippen LogP contribution in [0.2, 0.25) is 0 Å². The maximum absolute atomic E-state index is 13.1. The van der Waals surface area contributed by atoms with E-state index in [1.807, 2.05) is 52.5 Å². The van der Waals surface area contributed by atoms with Crippen LogP contribution in [0.5, 0.6) is 0 Å². The monoisotopic (exact) mass is 558 g/mol. The molecule has 0 N–H and O–H groups in total. The molecule has 1 amide bonds. The zero-order valence-corrected chi connectivity index (χ0v) is 23.1. The van der Waals surface area contributed by atoms with Gasteiger partial charge in [0.25, 0.3) is 5.91 Å². The van der Waals surface area contributed by atoms with E-state index in [0.29, 0.717) is 16.7 Å². The number of quaternary nitrogens is 1. The lowest BCUT2D eigenvalue weighted by Gasteiger charge is -2.44. The summed E-state index contributed by atoms with van der Waals surface area (Å²) in [5.41, 5.74) is 4.67. The molecule has 0 spiro atoms. The lowest BCUT2D eigenvalue weighted by molar-refractivity contribution is -0.948. The highest BCUT2D eigenvalue weighted by molar-refractivity contribution is 7.99. The molecule has 194 valence electrons. The van der Waals surface area contributed by atoms with E-state index < -0.39 is 0 Å². The van der Waals surface area contributed by atoms with E-state index in [4.69, 9.17) is 10.4 Å². The first-order valence-electron chi connectivity index (χ1n) is 12.0. The number of allylic oxidation sites excluding steroid dienone is 3. The van der Waals surface area contributed by atoms with Crippen LogP contribution in [0.15, 0.2) is 66.0 Å². The number of aryl methyl sites for hydroxylation is 1. The molecule has 1 aromatic heterocycles. The minimum absolute atomic E-state index is 0. The first kappa shape index (κ1) is 27.3. The van der Waals surface area contributed by atoms with Crippen LogP contribution in [-0.4, -0.2) is 81.1 Å². The van der Waals surface area contributed by atoms with Crippen molar-refractivity contribution in [3.05, 3.63) is 77.3 Å². The number of thioether (sulfide) groups is 1. The van der Waals surface area contributed by atoms with Crippen molar-refractivity contribution in [3.63, 3.8) is 0 Å². The van der Waals surface area contributed by atoms with Gasteiger partial charge in [-0.05, 0) is 37.3 Å². The maximum atomic E-state index is 13.1. The molecule has 2 aromatic rings. The third kappa shape index (κ3) is 4.80. The van der Waals surface area contributed by atoms with Crippen molar-refractivity contribution in [1.82, 2.24) is 19.7 Å². The topological polar surface area (TPSA) is 68.4 Å². The summed E-state index contributed by atoms with van der Waals surface area (Å²) in [6.45, 7) is 7.06. The van der Waals surface area contributed by atoms with Crippen LogP contribution in [-0.2, 0) is 4.79 Å². The fourth-order valence-electron chi connectivity index (χ4n) is 5.41. The zero-order valence-electron chi connectivity index (χ0n) is 20.6. The first-order chi connectivity index (χ1) is 17.1. The van der Waals surface area contributed by atoms with Crippen molar-refractivity contribution in [2.75, 3.05) is 55.8 Å². The minimum Gasteiger partial charge on any atom is -0.353 e. The number of hydrogen-bond acceptors (Lipinski definition) is 6. The van der Waals surface area contributed by atoms with Crippen LogP contribution in [0.4, 0.5) is 5.82 Å². The van der Waals surface area contributed by atoms with Crippen molar-refractivity contribution in [2.45, 2.75) is 6.92 Å². The summed E-state index contributed by atoms with van der Waals surface area (Å²) < 4.78 is 2.60. The fraction of sp³-hybridized carbons (Fsp3) is 0.346. The number of amides is 1. The highest BCUT2D eigenvalue weighted by Gasteiger charge is 2.48.